The summed E-state index contributed by atoms with van der Waals surface area (Å²) in [4.78, 5) is 25.3. The monoisotopic (exact) mass is 395 g/mol. The molecule has 4 rings (SSSR count). The molecule has 1 unspecified atom stereocenters. The Hall–Kier alpha value is -2.83. The van der Waals surface area contributed by atoms with Gasteiger partial charge in [-0.05, 0) is 51.7 Å². The van der Waals surface area contributed by atoms with E-state index in [1.54, 1.807) is 4.90 Å². The van der Waals surface area contributed by atoms with E-state index in [0.717, 1.165) is 36.7 Å². The molecule has 3 heterocycles. The Kier molecular flexibility index (Phi) is 5.56. The molecule has 29 heavy (non-hydrogen) atoms. The second-order valence-electron chi connectivity index (χ2n) is 7.82. The van der Waals surface area contributed by atoms with E-state index in [4.69, 9.17) is 9.72 Å². The van der Waals surface area contributed by atoms with Crippen LogP contribution in [0.4, 0.5) is 22.1 Å². The van der Waals surface area contributed by atoms with Gasteiger partial charge in [0, 0.05) is 36.9 Å². The number of nitrogens with zero attached hydrogens (tertiary/aromatic N) is 4. The molecular weight excluding hydrogens is 366 g/mol. The molecule has 1 N–H and O–H groups in total. The van der Waals surface area contributed by atoms with Gasteiger partial charge in [0.2, 0.25) is 0 Å². The van der Waals surface area contributed by atoms with Gasteiger partial charge in [-0.25, -0.2) is 14.8 Å². The van der Waals surface area contributed by atoms with Gasteiger partial charge in [-0.2, -0.15) is 0 Å². The van der Waals surface area contributed by atoms with Crippen molar-refractivity contribution in [1.82, 2.24) is 14.9 Å². The quantitative estimate of drug-likeness (QED) is 0.847. The number of ether oxygens (including phenoxy) is 1. The van der Waals surface area contributed by atoms with Crippen molar-refractivity contribution in [1.29, 1.82) is 0 Å². The fraction of sp³-hybridized carbons (Fsp3) is 0.500. The van der Waals surface area contributed by atoms with E-state index >= 15 is 0 Å². The minimum absolute atomic E-state index is 0.215. The lowest BCUT2D eigenvalue weighted by Gasteiger charge is -2.32. The Morgan fingerprint density at radius 3 is 2.76 bits per heavy atom. The Bertz CT molecular complexity index is 879. The number of aromatic nitrogens is 2. The molecule has 1 amide bonds. The van der Waals surface area contributed by atoms with Crippen LogP contribution in [0.3, 0.4) is 0 Å². The van der Waals surface area contributed by atoms with Gasteiger partial charge >= 0.3 is 6.09 Å². The van der Waals surface area contributed by atoms with Crippen molar-refractivity contribution in [3.05, 3.63) is 41.7 Å². The van der Waals surface area contributed by atoms with Gasteiger partial charge in [0.1, 0.15) is 17.5 Å². The summed E-state index contributed by atoms with van der Waals surface area (Å²) in [6, 6.07) is 11.2. The third kappa shape index (κ3) is 4.13. The number of aryl methyl sites for hydroxylation is 1. The number of likely N-dealkylation sites (tertiary alicyclic amines) is 1. The summed E-state index contributed by atoms with van der Waals surface area (Å²) in [6.45, 7) is 7.81. The standard InChI is InChI=1S/C22H29N5O2/c1-4-29-22(28)26-11-9-18(10-12-26)25-20-14-21(24-16(3)23-20)27-15(2)13-17-7-5-6-8-19(17)27/h5-8,14-15,18H,4,9-13H2,1-3H3,(H,23,24,25). The predicted octanol–water partition coefficient (Wildman–Crippen LogP) is 3.90. The van der Waals surface area contributed by atoms with Crippen molar-refractivity contribution < 1.29 is 9.53 Å². The normalized spacial score (nSPS) is 19.2. The molecule has 0 radical (unpaired) electrons. The molecule has 1 aromatic carbocycles. The van der Waals surface area contributed by atoms with E-state index in [9.17, 15) is 4.79 Å². The molecule has 7 heteroatoms. The van der Waals surface area contributed by atoms with Gasteiger partial charge < -0.3 is 19.9 Å². The van der Waals surface area contributed by atoms with Crippen molar-refractivity contribution in [2.24, 2.45) is 0 Å². The van der Waals surface area contributed by atoms with Crippen LogP contribution in [-0.4, -0.2) is 52.7 Å². The zero-order chi connectivity index (χ0) is 20.4. The molecule has 2 aliphatic rings. The molecule has 7 nitrogen and oxygen atoms in total. The summed E-state index contributed by atoms with van der Waals surface area (Å²) in [5.41, 5.74) is 2.59. The maximum atomic E-state index is 11.9. The highest BCUT2D eigenvalue weighted by atomic mass is 16.6. The number of piperidine rings is 1. The SMILES string of the molecule is CCOC(=O)N1CCC(Nc2cc(N3c4ccccc4CC3C)nc(C)n2)CC1. The lowest BCUT2D eigenvalue weighted by Crippen LogP contribution is -2.42. The zero-order valence-corrected chi connectivity index (χ0v) is 17.4. The van der Waals surface area contributed by atoms with E-state index in [1.807, 2.05) is 19.9 Å². The molecule has 0 aliphatic carbocycles. The van der Waals surface area contributed by atoms with Crippen LogP contribution in [0.15, 0.2) is 30.3 Å². The highest BCUT2D eigenvalue weighted by Gasteiger charge is 2.29. The Labute approximate surface area is 172 Å². The Balaban J connectivity index is 1.47. The number of rotatable bonds is 4. The minimum atomic E-state index is -0.215. The van der Waals surface area contributed by atoms with Crippen LogP contribution >= 0.6 is 0 Å². The fourth-order valence-electron chi connectivity index (χ4n) is 4.29. The molecule has 1 fully saturated rings. The van der Waals surface area contributed by atoms with Crippen LogP contribution in [0.5, 0.6) is 0 Å². The maximum Gasteiger partial charge on any atom is 0.409 e. The van der Waals surface area contributed by atoms with Gasteiger partial charge in [0.05, 0.1) is 6.61 Å². The number of fused-ring (bicyclic) bond motifs is 1. The molecule has 1 saturated heterocycles. The van der Waals surface area contributed by atoms with Crippen molar-refractivity contribution in [3.8, 4) is 0 Å². The first-order chi connectivity index (χ1) is 14.0. The molecular formula is C22H29N5O2. The number of nitrogens with one attached hydrogen (secondary N) is 1. The second-order valence-corrected chi connectivity index (χ2v) is 7.82. The van der Waals surface area contributed by atoms with Crippen LogP contribution < -0.4 is 10.2 Å². The van der Waals surface area contributed by atoms with Crippen LogP contribution in [0.1, 0.15) is 38.1 Å². The third-order valence-electron chi connectivity index (χ3n) is 5.65. The first-order valence-corrected chi connectivity index (χ1v) is 10.5. The first kappa shape index (κ1) is 19.5. The number of amides is 1. The van der Waals surface area contributed by atoms with Gasteiger partial charge in [-0.15, -0.1) is 0 Å². The van der Waals surface area contributed by atoms with E-state index in [-0.39, 0.29) is 12.1 Å². The third-order valence-corrected chi connectivity index (χ3v) is 5.65. The highest BCUT2D eigenvalue weighted by molar-refractivity contribution is 5.70. The summed E-state index contributed by atoms with van der Waals surface area (Å²) in [5, 5.41) is 3.56. The number of hydrogen-bond donors (Lipinski definition) is 1. The average molecular weight is 396 g/mol. The van der Waals surface area contributed by atoms with Crippen molar-refractivity contribution in [2.75, 3.05) is 29.9 Å². The lowest BCUT2D eigenvalue weighted by molar-refractivity contribution is 0.0983. The largest absolute Gasteiger partial charge is 0.450 e. The number of benzene rings is 1. The molecule has 2 aliphatic heterocycles. The maximum absolute atomic E-state index is 11.9. The molecule has 0 saturated carbocycles. The van der Waals surface area contributed by atoms with Gasteiger partial charge in [-0.3, -0.25) is 0 Å². The van der Waals surface area contributed by atoms with Crippen LogP contribution in [0.2, 0.25) is 0 Å². The van der Waals surface area contributed by atoms with Gasteiger partial charge in [0.15, 0.2) is 0 Å². The first-order valence-electron chi connectivity index (χ1n) is 10.5. The van der Waals surface area contributed by atoms with Crippen molar-refractivity contribution in [3.63, 3.8) is 0 Å². The molecule has 1 aromatic heterocycles. The Morgan fingerprint density at radius 1 is 1.24 bits per heavy atom. The molecule has 0 spiro atoms. The Morgan fingerprint density at radius 2 is 2.00 bits per heavy atom. The molecule has 1 atom stereocenters. The predicted molar refractivity (Wildman–Crippen MR) is 114 cm³/mol. The molecule has 154 valence electrons. The number of anilines is 3. The average Bonchev–Trinajstić information content (AvgIpc) is 3.04. The highest BCUT2D eigenvalue weighted by Crippen LogP contribution is 2.37. The summed E-state index contributed by atoms with van der Waals surface area (Å²) in [7, 11) is 0. The summed E-state index contributed by atoms with van der Waals surface area (Å²) >= 11 is 0. The van der Waals surface area contributed by atoms with Crippen molar-refractivity contribution >= 4 is 23.4 Å². The zero-order valence-electron chi connectivity index (χ0n) is 17.4. The van der Waals surface area contributed by atoms with E-state index in [1.165, 1.54) is 11.3 Å². The fourth-order valence-corrected chi connectivity index (χ4v) is 4.29. The summed E-state index contributed by atoms with van der Waals surface area (Å²) < 4.78 is 5.10. The van der Waals surface area contributed by atoms with E-state index in [0.29, 0.717) is 25.7 Å². The summed E-state index contributed by atoms with van der Waals surface area (Å²) in [5.74, 6) is 2.53. The van der Waals surface area contributed by atoms with Gasteiger partial charge in [-0.1, -0.05) is 18.2 Å². The second kappa shape index (κ2) is 8.27. The smallest absolute Gasteiger partial charge is 0.409 e. The van der Waals surface area contributed by atoms with Crippen molar-refractivity contribution in [2.45, 2.75) is 52.1 Å². The number of para-hydroxylation sites is 1. The van der Waals surface area contributed by atoms with Gasteiger partial charge in [0.25, 0.3) is 0 Å². The number of hydrogen-bond acceptors (Lipinski definition) is 6. The topological polar surface area (TPSA) is 70.6 Å². The van der Waals surface area contributed by atoms with Crippen LogP contribution in [-0.2, 0) is 11.2 Å². The lowest BCUT2D eigenvalue weighted by atomic mass is 10.1. The number of carbonyl (C=O) groups is 1. The van der Waals surface area contributed by atoms with E-state index < -0.39 is 0 Å². The number of carbonyl (C=O) groups excluding carboxylic acids is 1. The summed E-state index contributed by atoms with van der Waals surface area (Å²) in [6.07, 6.45) is 2.56. The molecule has 0 bridgehead atoms. The molecule has 2 aromatic rings. The van der Waals surface area contributed by atoms with Crippen LogP contribution in [0.25, 0.3) is 0 Å². The van der Waals surface area contributed by atoms with E-state index in [2.05, 4.69) is 46.4 Å². The van der Waals surface area contributed by atoms with Crippen LogP contribution in [0, 0.1) is 6.92 Å². The minimum Gasteiger partial charge on any atom is -0.450 e.